The van der Waals surface area contributed by atoms with Gasteiger partial charge in [0.05, 0.1) is 17.2 Å². The number of benzene rings is 2. The molecule has 1 N–H and O–H groups in total. The Balaban J connectivity index is 1.49. The first-order chi connectivity index (χ1) is 13.9. The maximum absolute atomic E-state index is 13.8. The molecule has 4 rings (SSSR count). The molecular formula is C21H18ClF2N3OS. The highest BCUT2D eigenvalue weighted by Gasteiger charge is 2.39. The van der Waals surface area contributed by atoms with Crippen molar-refractivity contribution in [2.45, 2.75) is 31.3 Å². The van der Waals surface area contributed by atoms with Gasteiger partial charge in [-0.1, -0.05) is 35.5 Å². The SMILES string of the molecule is O=C(CSC1=NC2(CCCC2)N=C1c1ccc(Cl)cc1)Nc1ccc(F)cc1F. The van der Waals surface area contributed by atoms with Crippen LogP contribution in [0.15, 0.2) is 52.4 Å². The number of amides is 1. The van der Waals surface area contributed by atoms with Crippen molar-refractivity contribution in [2.75, 3.05) is 11.1 Å². The summed E-state index contributed by atoms with van der Waals surface area (Å²) in [6.07, 6.45) is 3.93. The highest BCUT2D eigenvalue weighted by atomic mass is 35.5. The third-order valence-electron chi connectivity index (χ3n) is 4.90. The van der Waals surface area contributed by atoms with E-state index in [9.17, 15) is 13.6 Å². The van der Waals surface area contributed by atoms with Crippen molar-refractivity contribution >= 4 is 45.7 Å². The van der Waals surface area contributed by atoms with E-state index in [1.165, 1.54) is 17.8 Å². The highest BCUT2D eigenvalue weighted by Crippen LogP contribution is 2.40. The monoisotopic (exact) mass is 433 g/mol. The number of thioether (sulfide) groups is 1. The van der Waals surface area contributed by atoms with Gasteiger partial charge in [0, 0.05) is 16.7 Å². The Morgan fingerprint density at radius 2 is 1.83 bits per heavy atom. The van der Waals surface area contributed by atoms with Crippen LogP contribution in [0.1, 0.15) is 31.2 Å². The van der Waals surface area contributed by atoms with Crippen LogP contribution in [0.25, 0.3) is 0 Å². The molecule has 1 fully saturated rings. The van der Waals surface area contributed by atoms with Crippen LogP contribution in [0.2, 0.25) is 5.02 Å². The summed E-state index contributed by atoms with van der Waals surface area (Å²) in [5, 5.41) is 3.80. The molecule has 2 aliphatic rings. The minimum atomic E-state index is -0.810. The average molecular weight is 434 g/mol. The van der Waals surface area contributed by atoms with Crippen molar-refractivity contribution in [1.82, 2.24) is 0 Å². The molecule has 2 aromatic carbocycles. The minimum absolute atomic E-state index is 0.0400. The van der Waals surface area contributed by atoms with Crippen LogP contribution < -0.4 is 5.32 Å². The van der Waals surface area contributed by atoms with E-state index in [2.05, 4.69) is 5.32 Å². The fourth-order valence-electron chi connectivity index (χ4n) is 3.50. The smallest absolute Gasteiger partial charge is 0.234 e. The molecule has 0 atom stereocenters. The first kappa shape index (κ1) is 20.0. The maximum atomic E-state index is 13.8. The van der Waals surface area contributed by atoms with Gasteiger partial charge in [-0.2, -0.15) is 0 Å². The minimum Gasteiger partial charge on any atom is -0.323 e. The first-order valence-corrected chi connectivity index (χ1v) is 10.6. The standard InChI is InChI=1S/C21H18ClF2N3OS/c22-14-5-3-13(4-6-14)19-20(27-21(26-19)9-1-2-10-21)29-12-18(28)25-17-8-7-15(23)11-16(17)24/h3-8,11H,1-2,9-10,12H2,(H,25,28). The van der Waals surface area contributed by atoms with Crippen molar-refractivity contribution in [3.8, 4) is 0 Å². The second-order valence-corrected chi connectivity index (χ2v) is 8.44. The van der Waals surface area contributed by atoms with E-state index >= 15 is 0 Å². The van der Waals surface area contributed by atoms with Gasteiger partial charge in [0.2, 0.25) is 5.91 Å². The summed E-state index contributed by atoms with van der Waals surface area (Å²) in [5.41, 5.74) is 1.17. The molecule has 2 aromatic rings. The first-order valence-electron chi connectivity index (χ1n) is 9.28. The van der Waals surface area contributed by atoms with Crippen LogP contribution in [-0.4, -0.2) is 28.1 Å². The van der Waals surface area contributed by atoms with Gasteiger partial charge < -0.3 is 5.32 Å². The Kier molecular flexibility index (Phi) is 5.69. The maximum Gasteiger partial charge on any atom is 0.234 e. The van der Waals surface area contributed by atoms with Gasteiger partial charge in [-0.05, 0) is 49.9 Å². The second-order valence-electron chi connectivity index (χ2n) is 7.03. The Morgan fingerprint density at radius 3 is 2.52 bits per heavy atom. The molecule has 0 unspecified atom stereocenters. The number of nitrogens with one attached hydrogen (secondary N) is 1. The zero-order valence-corrected chi connectivity index (χ0v) is 17.0. The lowest BCUT2D eigenvalue weighted by molar-refractivity contribution is -0.113. The number of halogens is 3. The summed E-state index contributed by atoms with van der Waals surface area (Å²) >= 11 is 7.26. The van der Waals surface area contributed by atoms with E-state index < -0.39 is 23.2 Å². The molecule has 1 heterocycles. The van der Waals surface area contributed by atoms with Crippen LogP contribution in [0, 0.1) is 11.6 Å². The van der Waals surface area contributed by atoms with Gasteiger partial charge in [0.15, 0.2) is 5.66 Å². The molecule has 0 bridgehead atoms. The number of anilines is 1. The van der Waals surface area contributed by atoms with Crippen LogP contribution in [0.3, 0.4) is 0 Å². The summed E-state index contributed by atoms with van der Waals surface area (Å²) in [6.45, 7) is 0. The molecule has 1 aliphatic carbocycles. The number of carbonyl (C=O) groups excluding carboxylic acids is 1. The van der Waals surface area contributed by atoms with Crippen molar-refractivity contribution in [1.29, 1.82) is 0 Å². The van der Waals surface area contributed by atoms with E-state index in [1.54, 1.807) is 12.1 Å². The molecule has 1 spiro atoms. The molecule has 0 aromatic heterocycles. The normalized spacial score (nSPS) is 17.3. The second kappa shape index (κ2) is 8.24. The van der Waals surface area contributed by atoms with Crippen molar-refractivity contribution < 1.29 is 13.6 Å². The van der Waals surface area contributed by atoms with Crippen LogP contribution in [0.4, 0.5) is 14.5 Å². The molecule has 29 heavy (non-hydrogen) atoms. The molecule has 4 nitrogen and oxygen atoms in total. The van der Waals surface area contributed by atoms with Crippen LogP contribution in [0.5, 0.6) is 0 Å². The van der Waals surface area contributed by atoms with E-state index in [0.29, 0.717) is 10.1 Å². The molecule has 150 valence electrons. The van der Waals surface area contributed by atoms with E-state index in [0.717, 1.165) is 49.1 Å². The number of rotatable bonds is 4. The number of aliphatic imine (C=N–C) groups is 2. The topological polar surface area (TPSA) is 53.8 Å². The van der Waals surface area contributed by atoms with Crippen molar-refractivity contribution in [3.05, 3.63) is 64.7 Å². The fourth-order valence-corrected chi connectivity index (χ4v) is 4.50. The van der Waals surface area contributed by atoms with Gasteiger partial charge in [0.25, 0.3) is 0 Å². The number of hydrogen-bond donors (Lipinski definition) is 1. The summed E-state index contributed by atoms with van der Waals surface area (Å²) in [6, 6.07) is 10.4. The molecule has 1 saturated carbocycles. The highest BCUT2D eigenvalue weighted by molar-refractivity contribution is 8.16. The fraction of sp³-hybridized carbons (Fsp3) is 0.286. The molecular weight excluding hydrogens is 416 g/mol. The average Bonchev–Trinajstić information content (AvgIpc) is 3.30. The Hall–Kier alpha value is -2.25. The number of nitrogens with zero attached hydrogens (tertiary/aromatic N) is 2. The predicted octanol–water partition coefficient (Wildman–Crippen LogP) is 5.46. The lowest BCUT2D eigenvalue weighted by Crippen LogP contribution is -2.18. The summed E-state index contributed by atoms with van der Waals surface area (Å²) in [4.78, 5) is 22.1. The summed E-state index contributed by atoms with van der Waals surface area (Å²) < 4.78 is 26.8. The third-order valence-corrected chi connectivity index (χ3v) is 6.12. The lowest BCUT2D eigenvalue weighted by atomic mass is 10.1. The lowest BCUT2D eigenvalue weighted by Gasteiger charge is -2.14. The third kappa shape index (κ3) is 4.51. The number of carbonyl (C=O) groups is 1. The largest absolute Gasteiger partial charge is 0.323 e. The van der Waals surface area contributed by atoms with E-state index in [4.69, 9.17) is 21.6 Å². The summed E-state index contributed by atoms with van der Waals surface area (Å²) in [5.74, 6) is -1.86. The van der Waals surface area contributed by atoms with Crippen molar-refractivity contribution in [3.63, 3.8) is 0 Å². The summed E-state index contributed by atoms with van der Waals surface area (Å²) in [7, 11) is 0. The molecule has 1 amide bonds. The van der Waals surface area contributed by atoms with E-state index in [1.807, 2.05) is 12.1 Å². The zero-order chi connectivity index (χ0) is 20.4. The zero-order valence-electron chi connectivity index (χ0n) is 15.4. The molecule has 0 saturated heterocycles. The van der Waals surface area contributed by atoms with Gasteiger partial charge in [0.1, 0.15) is 16.7 Å². The Bertz CT molecular complexity index is 1000. The quantitative estimate of drug-likeness (QED) is 0.695. The Morgan fingerprint density at radius 1 is 1.10 bits per heavy atom. The number of hydrogen-bond acceptors (Lipinski definition) is 4. The van der Waals surface area contributed by atoms with Gasteiger partial charge in [-0.15, -0.1) is 0 Å². The van der Waals surface area contributed by atoms with Gasteiger partial charge >= 0.3 is 0 Å². The van der Waals surface area contributed by atoms with Gasteiger partial charge in [-0.3, -0.25) is 9.79 Å². The van der Waals surface area contributed by atoms with Crippen LogP contribution in [-0.2, 0) is 4.79 Å². The molecule has 0 radical (unpaired) electrons. The van der Waals surface area contributed by atoms with E-state index in [-0.39, 0.29) is 11.4 Å². The Labute approximate surface area is 176 Å². The molecule has 1 aliphatic heterocycles. The predicted molar refractivity (Wildman–Crippen MR) is 114 cm³/mol. The van der Waals surface area contributed by atoms with Crippen LogP contribution >= 0.6 is 23.4 Å². The van der Waals surface area contributed by atoms with Crippen molar-refractivity contribution in [2.24, 2.45) is 9.98 Å². The molecule has 8 heteroatoms. The van der Waals surface area contributed by atoms with Gasteiger partial charge in [-0.25, -0.2) is 13.8 Å².